The van der Waals surface area contributed by atoms with Crippen molar-refractivity contribution in [2.45, 2.75) is 26.1 Å². The Hall–Kier alpha value is -1.76. The molecule has 0 spiro atoms. The first-order valence-electron chi connectivity index (χ1n) is 8.19. The van der Waals surface area contributed by atoms with E-state index in [2.05, 4.69) is 10.3 Å². The molecule has 2 aromatic rings. The van der Waals surface area contributed by atoms with Gasteiger partial charge < -0.3 is 14.8 Å². The van der Waals surface area contributed by atoms with E-state index in [-0.39, 0.29) is 5.91 Å². The Labute approximate surface area is 146 Å². The Kier molecular flexibility index (Phi) is 6.34. The quantitative estimate of drug-likeness (QED) is 0.798. The SMILES string of the molecule is O=C(Cc1ncc(COCc2ccccc2)s1)NCC1CCOC1. The maximum Gasteiger partial charge on any atom is 0.226 e. The van der Waals surface area contributed by atoms with Crippen LogP contribution in [0, 0.1) is 5.92 Å². The van der Waals surface area contributed by atoms with Gasteiger partial charge in [0, 0.05) is 25.3 Å². The van der Waals surface area contributed by atoms with Gasteiger partial charge in [-0.25, -0.2) is 4.98 Å². The molecule has 1 saturated heterocycles. The summed E-state index contributed by atoms with van der Waals surface area (Å²) in [5.74, 6) is 0.472. The summed E-state index contributed by atoms with van der Waals surface area (Å²) < 4.78 is 11.0. The second kappa shape index (κ2) is 8.92. The van der Waals surface area contributed by atoms with Crippen LogP contribution in [0.1, 0.15) is 21.9 Å². The molecule has 2 heterocycles. The number of aromatic nitrogens is 1. The number of hydrogen-bond acceptors (Lipinski definition) is 5. The molecule has 1 aromatic heterocycles. The van der Waals surface area contributed by atoms with Crippen molar-refractivity contribution in [2.24, 2.45) is 5.92 Å². The summed E-state index contributed by atoms with van der Waals surface area (Å²) in [6, 6.07) is 10.1. The van der Waals surface area contributed by atoms with Crippen LogP contribution >= 0.6 is 11.3 Å². The molecule has 1 fully saturated rings. The molecule has 1 atom stereocenters. The van der Waals surface area contributed by atoms with E-state index < -0.39 is 0 Å². The van der Waals surface area contributed by atoms with Crippen LogP contribution in [-0.2, 0) is 33.9 Å². The van der Waals surface area contributed by atoms with E-state index in [1.165, 1.54) is 11.3 Å². The van der Waals surface area contributed by atoms with E-state index in [0.29, 0.717) is 32.1 Å². The summed E-state index contributed by atoms with van der Waals surface area (Å²) in [4.78, 5) is 17.3. The number of carbonyl (C=O) groups excluding carboxylic acids is 1. The lowest BCUT2D eigenvalue weighted by molar-refractivity contribution is -0.120. The summed E-state index contributed by atoms with van der Waals surface area (Å²) in [7, 11) is 0. The Bertz CT molecular complexity index is 639. The molecule has 1 aliphatic heterocycles. The van der Waals surface area contributed by atoms with Crippen molar-refractivity contribution in [3.8, 4) is 0 Å². The largest absolute Gasteiger partial charge is 0.381 e. The Morgan fingerprint density at radius 1 is 1.33 bits per heavy atom. The Morgan fingerprint density at radius 3 is 3.00 bits per heavy atom. The number of benzene rings is 1. The molecule has 0 saturated carbocycles. The van der Waals surface area contributed by atoms with Crippen molar-refractivity contribution in [3.05, 3.63) is 52.0 Å². The molecule has 0 bridgehead atoms. The number of carbonyl (C=O) groups is 1. The van der Waals surface area contributed by atoms with E-state index in [1.54, 1.807) is 6.20 Å². The van der Waals surface area contributed by atoms with Gasteiger partial charge in [-0.15, -0.1) is 11.3 Å². The minimum absolute atomic E-state index is 0.0213. The van der Waals surface area contributed by atoms with Crippen LogP contribution in [0.3, 0.4) is 0 Å². The highest BCUT2D eigenvalue weighted by Gasteiger charge is 2.16. The van der Waals surface area contributed by atoms with E-state index in [4.69, 9.17) is 9.47 Å². The van der Waals surface area contributed by atoms with Gasteiger partial charge in [-0.2, -0.15) is 0 Å². The molecule has 6 heteroatoms. The standard InChI is InChI=1S/C18H22N2O3S/c21-17(19-9-15-6-7-22-12-15)8-18-20-10-16(24-18)13-23-11-14-4-2-1-3-5-14/h1-5,10,15H,6-9,11-13H2,(H,19,21). The fourth-order valence-corrected chi connectivity index (χ4v) is 3.40. The van der Waals surface area contributed by atoms with Gasteiger partial charge in [0.1, 0.15) is 5.01 Å². The lowest BCUT2D eigenvalue weighted by atomic mass is 10.1. The van der Waals surface area contributed by atoms with E-state index in [9.17, 15) is 4.79 Å². The summed E-state index contributed by atoms with van der Waals surface area (Å²) in [5, 5.41) is 3.79. The van der Waals surface area contributed by atoms with Gasteiger partial charge in [0.05, 0.1) is 31.1 Å². The zero-order valence-corrected chi connectivity index (χ0v) is 14.4. The fourth-order valence-electron chi connectivity index (χ4n) is 2.54. The Balaban J connectivity index is 1.37. The summed E-state index contributed by atoms with van der Waals surface area (Å²) in [5.41, 5.74) is 1.15. The summed E-state index contributed by atoms with van der Waals surface area (Å²) in [6.45, 7) is 3.35. The maximum atomic E-state index is 12.0. The fraction of sp³-hybridized carbons (Fsp3) is 0.444. The molecule has 0 radical (unpaired) electrons. The number of hydrogen-bond donors (Lipinski definition) is 1. The highest BCUT2D eigenvalue weighted by molar-refractivity contribution is 7.11. The first-order chi connectivity index (χ1) is 11.8. The van der Waals surface area contributed by atoms with Crippen LogP contribution in [0.2, 0.25) is 0 Å². The van der Waals surface area contributed by atoms with Gasteiger partial charge in [-0.1, -0.05) is 30.3 Å². The third-order valence-electron chi connectivity index (χ3n) is 3.88. The van der Waals surface area contributed by atoms with Crippen molar-refractivity contribution in [1.29, 1.82) is 0 Å². The zero-order chi connectivity index (χ0) is 16.6. The van der Waals surface area contributed by atoms with E-state index in [1.807, 2.05) is 30.3 Å². The minimum Gasteiger partial charge on any atom is -0.381 e. The van der Waals surface area contributed by atoms with Gasteiger partial charge in [0.25, 0.3) is 0 Å². The van der Waals surface area contributed by atoms with Crippen molar-refractivity contribution in [3.63, 3.8) is 0 Å². The maximum absolute atomic E-state index is 12.0. The van der Waals surface area contributed by atoms with Crippen LogP contribution in [-0.4, -0.2) is 30.6 Å². The van der Waals surface area contributed by atoms with E-state index in [0.717, 1.165) is 35.1 Å². The van der Waals surface area contributed by atoms with Crippen LogP contribution in [0.15, 0.2) is 36.5 Å². The van der Waals surface area contributed by atoms with Crippen molar-refractivity contribution >= 4 is 17.2 Å². The van der Waals surface area contributed by atoms with Crippen molar-refractivity contribution < 1.29 is 14.3 Å². The molecular weight excluding hydrogens is 324 g/mol. The number of rotatable bonds is 8. The van der Waals surface area contributed by atoms with Gasteiger partial charge in [0.15, 0.2) is 0 Å². The molecule has 1 amide bonds. The first-order valence-corrected chi connectivity index (χ1v) is 9.01. The second-order valence-electron chi connectivity index (χ2n) is 5.91. The minimum atomic E-state index is 0.0213. The van der Waals surface area contributed by atoms with Gasteiger partial charge in [-0.05, 0) is 12.0 Å². The molecule has 1 N–H and O–H groups in total. The number of nitrogens with zero attached hydrogens (tertiary/aromatic N) is 1. The molecule has 24 heavy (non-hydrogen) atoms. The van der Waals surface area contributed by atoms with Crippen LogP contribution in [0.4, 0.5) is 0 Å². The predicted molar refractivity (Wildman–Crippen MR) is 92.7 cm³/mol. The van der Waals surface area contributed by atoms with Crippen molar-refractivity contribution in [1.82, 2.24) is 10.3 Å². The summed E-state index contributed by atoms with van der Waals surface area (Å²) >= 11 is 1.53. The number of amides is 1. The van der Waals surface area contributed by atoms with Crippen LogP contribution in [0.5, 0.6) is 0 Å². The van der Waals surface area contributed by atoms with Crippen molar-refractivity contribution in [2.75, 3.05) is 19.8 Å². The monoisotopic (exact) mass is 346 g/mol. The lowest BCUT2D eigenvalue weighted by Gasteiger charge is -2.08. The molecule has 128 valence electrons. The normalized spacial score (nSPS) is 17.1. The van der Waals surface area contributed by atoms with Gasteiger partial charge in [-0.3, -0.25) is 4.79 Å². The topological polar surface area (TPSA) is 60.5 Å². The number of nitrogens with one attached hydrogen (secondary N) is 1. The number of thiazole rings is 1. The molecular formula is C18H22N2O3S. The van der Waals surface area contributed by atoms with Gasteiger partial charge >= 0.3 is 0 Å². The Morgan fingerprint density at radius 2 is 2.21 bits per heavy atom. The predicted octanol–water partition coefficient (Wildman–Crippen LogP) is 2.56. The molecule has 3 rings (SSSR count). The lowest BCUT2D eigenvalue weighted by Crippen LogP contribution is -2.30. The molecule has 1 unspecified atom stereocenters. The van der Waals surface area contributed by atoms with E-state index >= 15 is 0 Å². The average Bonchev–Trinajstić information content (AvgIpc) is 3.26. The molecule has 5 nitrogen and oxygen atoms in total. The highest BCUT2D eigenvalue weighted by Crippen LogP contribution is 2.16. The average molecular weight is 346 g/mol. The van der Waals surface area contributed by atoms with Gasteiger partial charge in [0.2, 0.25) is 5.91 Å². The number of ether oxygens (including phenoxy) is 2. The third-order valence-corrected chi connectivity index (χ3v) is 4.85. The summed E-state index contributed by atoms with van der Waals surface area (Å²) in [6.07, 6.45) is 3.15. The highest BCUT2D eigenvalue weighted by atomic mass is 32.1. The van der Waals surface area contributed by atoms with Crippen LogP contribution < -0.4 is 5.32 Å². The second-order valence-corrected chi connectivity index (χ2v) is 7.11. The van der Waals surface area contributed by atoms with Crippen LogP contribution in [0.25, 0.3) is 0 Å². The third kappa shape index (κ3) is 5.40. The zero-order valence-electron chi connectivity index (χ0n) is 13.6. The first kappa shape index (κ1) is 17.1. The molecule has 1 aliphatic rings. The molecule has 1 aromatic carbocycles. The molecule has 0 aliphatic carbocycles. The smallest absolute Gasteiger partial charge is 0.226 e.